The van der Waals surface area contributed by atoms with E-state index in [1.54, 1.807) is 12.1 Å². The topological polar surface area (TPSA) is 84.4 Å². The van der Waals surface area contributed by atoms with Crippen LogP contribution < -0.4 is 16.0 Å². The van der Waals surface area contributed by atoms with Gasteiger partial charge in [-0.3, -0.25) is 10.1 Å². The van der Waals surface area contributed by atoms with Crippen LogP contribution >= 0.6 is 0 Å². The molecule has 3 N–H and O–H groups in total. The standard InChI is InChI=1S/C12H18N4O2/c1-12(2)8-14-5-6-15(12)9-3-4-11(16(17)18)10(13)7-9/h3-4,7,14H,5-6,8,13H2,1-2H3. The zero-order valence-corrected chi connectivity index (χ0v) is 10.6. The maximum atomic E-state index is 10.7. The Morgan fingerprint density at radius 1 is 1.50 bits per heavy atom. The quantitative estimate of drug-likeness (QED) is 0.470. The highest BCUT2D eigenvalue weighted by atomic mass is 16.6. The van der Waals surface area contributed by atoms with Crippen LogP contribution in [0.2, 0.25) is 0 Å². The summed E-state index contributed by atoms with van der Waals surface area (Å²) in [4.78, 5) is 12.5. The Hall–Kier alpha value is -1.82. The van der Waals surface area contributed by atoms with Crippen molar-refractivity contribution < 1.29 is 4.92 Å². The van der Waals surface area contributed by atoms with Gasteiger partial charge in [-0.1, -0.05) is 0 Å². The molecule has 1 fully saturated rings. The van der Waals surface area contributed by atoms with Gasteiger partial charge >= 0.3 is 0 Å². The second kappa shape index (κ2) is 4.45. The van der Waals surface area contributed by atoms with E-state index in [0.29, 0.717) is 0 Å². The van der Waals surface area contributed by atoms with Crippen LogP contribution in [0.25, 0.3) is 0 Å². The van der Waals surface area contributed by atoms with Gasteiger partial charge in [-0.05, 0) is 26.0 Å². The molecule has 0 amide bonds. The summed E-state index contributed by atoms with van der Waals surface area (Å²) in [7, 11) is 0. The van der Waals surface area contributed by atoms with Gasteiger partial charge in [0, 0.05) is 36.9 Å². The van der Waals surface area contributed by atoms with E-state index < -0.39 is 4.92 Å². The molecule has 0 aliphatic carbocycles. The molecule has 1 aliphatic rings. The second-order valence-corrected chi connectivity index (χ2v) is 5.14. The maximum absolute atomic E-state index is 10.7. The Labute approximate surface area is 106 Å². The summed E-state index contributed by atoms with van der Waals surface area (Å²) in [6.07, 6.45) is 0. The van der Waals surface area contributed by atoms with E-state index in [2.05, 4.69) is 24.1 Å². The molecule has 0 unspecified atom stereocenters. The van der Waals surface area contributed by atoms with E-state index in [9.17, 15) is 10.1 Å². The maximum Gasteiger partial charge on any atom is 0.292 e. The first-order chi connectivity index (χ1) is 8.42. The van der Waals surface area contributed by atoms with Crippen LogP contribution in [0.15, 0.2) is 18.2 Å². The Morgan fingerprint density at radius 3 is 2.78 bits per heavy atom. The molecule has 1 aliphatic heterocycles. The molecule has 0 saturated carbocycles. The predicted octanol–water partition coefficient (Wildman–Crippen LogP) is 1.37. The number of anilines is 2. The number of rotatable bonds is 2. The number of nitrogens with two attached hydrogens (primary N) is 1. The zero-order valence-electron chi connectivity index (χ0n) is 10.6. The molecule has 6 heteroatoms. The fraction of sp³-hybridized carbons (Fsp3) is 0.500. The van der Waals surface area contributed by atoms with Crippen molar-refractivity contribution in [1.29, 1.82) is 0 Å². The molecule has 98 valence electrons. The SMILES string of the molecule is CC1(C)CNCCN1c1ccc([N+](=O)[O-])c(N)c1. The minimum atomic E-state index is -0.456. The number of nitrogens with zero attached hydrogens (tertiary/aromatic N) is 2. The zero-order chi connectivity index (χ0) is 13.3. The third-order valence-corrected chi connectivity index (χ3v) is 3.32. The summed E-state index contributed by atoms with van der Waals surface area (Å²) in [6, 6.07) is 4.93. The predicted molar refractivity (Wildman–Crippen MR) is 71.8 cm³/mol. The molecule has 1 heterocycles. The first-order valence-corrected chi connectivity index (χ1v) is 5.94. The van der Waals surface area contributed by atoms with Gasteiger partial charge in [0.2, 0.25) is 0 Å². The van der Waals surface area contributed by atoms with Gasteiger partial charge in [0.15, 0.2) is 0 Å². The highest BCUT2D eigenvalue weighted by molar-refractivity contribution is 5.67. The van der Waals surface area contributed by atoms with Crippen molar-refractivity contribution in [2.45, 2.75) is 19.4 Å². The van der Waals surface area contributed by atoms with E-state index >= 15 is 0 Å². The third kappa shape index (κ3) is 2.24. The van der Waals surface area contributed by atoms with Crippen molar-refractivity contribution in [3.63, 3.8) is 0 Å². The Kier molecular flexibility index (Phi) is 3.13. The van der Waals surface area contributed by atoms with Crippen LogP contribution in [0.5, 0.6) is 0 Å². The van der Waals surface area contributed by atoms with Crippen molar-refractivity contribution in [3.8, 4) is 0 Å². The molecule has 0 aromatic heterocycles. The number of hydrogen-bond acceptors (Lipinski definition) is 5. The van der Waals surface area contributed by atoms with Crippen molar-refractivity contribution >= 4 is 17.1 Å². The van der Waals surface area contributed by atoms with Crippen LogP contribution in [-0.2, 0) is 0 Å². The minimum Gasteiger partial charge on any atom is -0.393 e. The average Bonchev–Trinajstić information content (AvgIpc) is 2.27. The first-order valence-electron chi connectivity index (χ1n) is 5.94. The van der Waals surface area contributed by atoms with Gasteiger partial charge < -0.3 is 16.0 Å². The van der Waals surface area contributed by atoms with Crippen molar-refractivity contribution in [2.75, 3.05) is 30.3 Å². The van der Waals surface area contributed by atoms with Gasteiger partial charge in [0.05, 0.1) is 4.92 Å². The Morgan fingerprint density at radius 2 is 2.22 bits per heavy atom. The molecule has 1 aromatic carbocycles. The molecule has 0 bridgehead atoms. The molecule has 0 radical (unpaired) electrons. The molecule has 1 aromatic rings. The summed E-state index contributed by atoms with van der Waals surface area (Å²) < 4.78 is 0. The van der Waals surface area contributed by atoms with E-state index in [-0.39, 0.29) is 16.9 Å². The first kappa shape index (κ1) is 12.6. The van der Waals surface area contributed by atoms with Crippen LogP contribution in [0.3, 0.4) is 0 Å². The molecular formula is C12H18N4O2. The lowest BCUT2D eigenvalue weighted by atomic mass is 9.99. The molecule has 18 heavy (non-hydrogen) atoms. The van der Waals surface area contributed by atoms with Gasteiger partial charge in [-0.25, -0.2) is 0 Å². The normalized spacial score (nSPS) is 18.7. The molecule has 1 saturated heterocycles. The molecule has 0 spiro atoms. The van der Waals surface area contributed by atoms with Crippen LogP contribution in [0, 0.1) is 10.1 Å². The largest absolute Gasteiger partial charge is 0.393 e. The van der Waals surface area contributed by atoms with Crippen molar-refractivity contribution in [2.24, 2.45) is 0 Å². The van der Waals surface area contributed by atoms with Crippen LogP contribution in [0.1, 0.15) is 13.8 Å². The monoisotopic (exact) mass is 250 g/mol. The number of benzene rings is 1. The number of hydrogen-bond donors (Lipinski definition) is 2. The molecular weight excluding hydrogens is 232 g/mol. The van der Waals surface area contributed by atoms with Crippen molar-refractivity contribution in [1.82, 2.24) is 5.32 Å². The summed E-state index contributed by atoms with van der Waals surface area (Å²) >= 11 is 0. The summed E-state index contributed by atoms with van der Waals surface area (Å²) in [6.45, 7) is 6.92. The van der Waals surface area contributed by atoms with Crippen molar-refractivity contribution in [3.05, 3.63) is 28.3 Å². The van der Waals surface area contributed by atoms with Gasteiger partial charge in [-0.15, -0.1) is 0 Å². The molecule has 0 atom stereocenters. The lowest BCUT2D eigenvalue weighted by Crippen LogP contribution is -2.58. The summed E-state index contributed by atoms with van der Waals surface area (Å²) in [5, 5.41) is 14.1. The number of piperazine rings is 1. The number of nitro groups is 1. The lowest BCUT2D eigenvalue weighted by molar-refractivity contribution is -0.383. The number of nitrogens with one attached hydrogen (secondary N) is 1. The highest BCUT2D eigenvalue weighted by Crippen LogP contribution is 2.31. The average molecular weight is 250 g/mol. The van der Waals surface area contributed by atoms with Gasteiger partial charge in [-0.2, -0.15) is 0 Å². The van der Waals surface area contributed by atoms with E-state index in [0.717, 1.165) is 25.3 Å². The van der Waals surface area contributed by atoms with E-state index in [1.807, 2.05) is 0 Å². The van der Waals surface area contributed by atoms with Crippen LogP contribution in [0.4, 0.5) is 17.1 Å². The second-order valence-electron chi connectivity index (χ2n) is 5.14. The minimum absolute atomic E-state index is 0.0270. The van der Waals surface area contributed by atoms with E-state index in [4.69, 9.17) is 5.73 Å². The van der Waals surface area contributed by atoms with Crippen LogP contribution in [-0.4, -0.2) is 30.1 Å². The van der Waals surface area contributed by atoms with E-state index in [1.165, 1.54) is 6.07 Å². The lowest BCUT2D eigenvalue weighted by Gasteiger charge is -2.44. The third-order valence-electron chi connectivity index (χ3n) is 3.32. The molecule has 6 nitrogen and oxygen atoms in total. The summed E-state index contributed by atoms with van der Waals surface area (Å²) in [5.41, 5.74) is 6.82. The number of nitrogen functional groups attached to an aromatic ring is 1. The van der Waals surface area contributed by atoms with Gasteiger partial charge in [0.25, 0.3) is 5.69 Å². The number of nitro benzene ring substituents is 1. The highest BCUT2D eigenvalue weighted by Gasteiger charge is 2.30. The Bertz CT molecular complexity index is 473. The fourth-order valence-electron chi connectivity index (χ4n) is 2.34. The van der Waals surface area contributed by atoms with Gasteiger partial charge in [0.1, 0.15) is 5.69 Å². The molecule has 2 rings (SSSR count). The fourth-order valence-corrected chi connectivity index (χ4v) is 2.34. The summed E-state index contributed by atoms with van der Waals surface area (Å²) in [5.74, 6) is 0. The smallest absolute Gasteiger partial charge is 0.292 e. The Balaban J connectivity index is 2.34.